The van der Waals surface area contributed by atoms with E-state index in [0.717, 1.165) is 28.8 Å². The molecule has 4 nitrogen and oxygen atoms in total. The molecule has 0 bridgehead atoms. The summed E-state index contributed by atoms with van der Waals surface area (Å²) in [5.74, 6) is -0.668. The standard InChI is InChI=1S/C32H21ClF3NO3/c33-27-15-14-23(17-28(27)40-19-21-11-9-20(10-12-21)13-16-29(38)39)30-24-7-4-8-26(32(34,35)36)31(24)37-18-25(30)22-5-2-1-3-6-22/h1-18H,19H2,(H,38,39). The Bertz CT molecular complexity index is 1720. The highest BCUT2D eigenvalue weighted by Crippen LogP contribution is 2.43. The fraction of sp³-hybridized carbons (Fsp3) is 0.0625. The summed E-state index contributed by atoms with van der Waals surface area (Å²) in [6.07, 6.45) is -0.551. The Labute approximate surface area is 233 Å². The number of rotatable bonds is 7. The molecule has 0 aliphatic carbocycles. The van der Waals surface area contributed by atoms with E-state index in [2.05, 4.69) is 4.98 Å². The zero-order chi connectivity index (χ0) is 28.3. The number of halogens is 4. The molecule has 0 amide bonds. The highest BCUT2D eigenvalue weighted by molar-refractivity contribution is 6.32. The average Bonchev–Trinajstić information content (AvgIpc) is 2.95. The molecule has 5 rings (SSSR count). The molecule has 0 saturated heterocycles. The van der Waals surface area contributed by atoms with Gasteiger partial charge in [-0.2, -0.15) is 13.2 Å². The normalized spacial score (nSPS) is 11.7. The largest absolute Gasteiger partial charge is 0.487 e. The van der Waals surface area contributed by atoms with E-state index < -0.39 is 17.7 Å². The van der Waals surface area contributed by atoms with Crippen LogP contribution in [0.4, 0.5) is 13.2 Å². The number of para-hydroxylation sites is 1. The molecule has 0 radical (unpaired) electrons. The van der Waals surface area contributed by atoms with E-state index in [0.29, 0.717) is 32.8 Å². The Morgan fingerprint density at radius 1 is 0.925 bits per heavy atom. The third kappa shape index (κ3) is 5.84. The van der Waals surface area contributed by atoms with Gasteiger partial charge in [0, 0.05) is 28.8 Å². The summed E-state index contributed by atoms with van der Waals surface area (Å²) < 4.78 is 47.6. The maximum Gasteiger partial charge on any atom is 0.418 e. The number of hydrogen-bond donors (Lipinski definition) is 1. The van der Waals surface area contributed by atoms with E-state index in [4.69, 9.17) is 21.4 Å². The maximum atomic E-state index is 13.9. The average molecular weight is 560 g/mol. The van der Waals surface area contributed by atoms with Crippen molar-refractivity contribution >= 4 is 34.5 Å². The number of carboxylic acid groups (broad SMARTS) is 1. The molecule has 1 heterocycles. The summed E-state index contributed by atoms with van der Waals surface area (Å²) in [5, 5.41) is 9.49. The minimum atomic E-state index is -4.56. The molecule has 0 aliphatic heterocycles. The lowest BCUT2D eigenvalue weighted by atomic mass is 9.91. The molecular formula is C32H21ClF3NO3. The molecule has 8 heteroatoms. The number of aromatic nitrogens is 1. The second-order valence-electron chi connectivity index (χ2n) is 8.96. The molecule has 5 aromatic rings. The van der Waals surface area contributed by atoms with E-state index >= 15 is 0 Å². The van der Waals surface area contributed by atoms with E-state index in [1.807, 2.05) is 42.5 Å². The number of benzene rings is 4. The minimum absolute atomic E-state index is 0.140. The Kier molecular flexibility index (Phi) is 7.58. The predicted molar refractivity (Wildman–Crippen MR) is 150 cm³/mol. The quantitative estimate of drug-likeness (QED) is 0.202. The van der Waals surface area contributed by atoms with Crippen LogP contribution in [-0.2, 0) is 17.6 Å². The van der Waals surface area contributed by atoms with Crippen molar-refractivity contribution in [1.29, 1.82) is 0 Å². The third-order valence-electron chi connectivity index (χ3n) is 6.30. The first-order valence-corrected chi connectivity index (χ1v) is 12.6. The van der Waals surface area contributed by atoms with Gasteiger partial charge in [-0.05, 0) is 46.5 Å². The molecule has 4 aromatic carbocycles. The van der Waals surface area contributed by atoms with E-state index in [9.17, 15) is 18.0 Å². The Balaban J connectivity index is 1.56. The molecule has 200 valence electrons. The molecule has 1 N–H and O–H groups in total. The van der Waals surface area contributed by atoms with Crippen LogP contribution in [-0.4, -0.2) is 16.1 Å². The van der Waals surface area contributed by atoms with Crippen LogP contribution in [0.3, 0.4) is 0 Å². The van der Waals surface area contributed by atoms with Crippen molar-refractivity contribution in [3.63, 3.8) is 0 Å². The number of ether oxygens (including phenoxy) is 1. The van der Waals surface area contributed by atoms with Gasteiger partial charge in [0.2, 0.25) is 0 Å². The first-order valence-electron chi connectivity index (χ1n) is 12.2. The van der Waals surface area contributed by atoms with Crippen molar-refractivity contribution in [2.24, 2.45) is 0 Å². The molecule has 0 aliphatic rings. The van der Waals surface area contributed by atoms with Crippen LogP contribution in [0.1, 0.15) is 16.7 Å². The van der Waals surface area contributed by atoms with Crippen molar-refractivity contribution in [1.82, 2.24) is 4.98 Å². The van der Waals surface area contributed by atoms with Crippen molar-refractivity contribution in [2.45, 2.75) is 12.8 Å². The number of aliphatic carboxylic acids is 1. The van der Waals surface area contributed by atoms with Crippen LogP contribution >= 0.6 is 11.6 Å². The second-order valence-corrected chi connectivity index (χ2v) is 9.37. The number of fused-ring (bicyclic) bond motifs is 1. The number of carboxylic acids is 1. The minimum Gasteiger partial charge on any atom is -0.487 e. The number of carbonyl (C=O) groups is 1. The van der Waals surface area contributed by atoms with Gasteiger partial charge in [-0.1, -0.05) is 84.4 Å². The van der Waals surface area contributed by atoms with Gasteiger partial charge < -0.3 is 9.84 Å². The van der Waals surface area contributed by atoms with Crippen molar-refractivity contribution in [2.75, 3.05) is 0 Å². The fourth-order valence-electron chi connectivity index (χ4n) is 4.42. The van der Waals surface area contributed by atoms with Crippen molar-refractivity contribution in [3.05, 3.63) is 125 Å². The summed E-state index contributed by atoms with van der Waals surface area (Å²) in [6, 6.07) is 25.6. The maximum absolute atomic E-state index is 13.9. The summed E-state index contributed by atoms with van der Waals surface area (Å²) in [6.45, 7) is 0.174. The van der Waals surface area contributed by atoms with Crippen molar-refractivity contribution in [3.8, 4) is 28.0 Å². The Morgan fingerprint density at radius 3 is 2.38 bits per heavy atom. The number of alkyl halides is 3. The SMILES string of the molecule is O=C(O)C=Cc1ccc(COc2cc(-c3c(-c4ccccc4)cnc4c(C(F)(F)F)cccc34)ccc2Cl)cc1. The monoisotopic (exact) mass is 559 g/mol. The van der Waals surface area contributed by atoms with E-state index in [1.54, 1.807) is 36.4 Å². The third-order valence-corrected chi connectivity index (χ3v) is 6.61. The highest BCUT2D eigenvalue weighted by Gasteiger charge is 2.33. The Hall–Kier alpha value is -4.62. The van der Waals surface area contributed by atoms with Gasteiger partial charge in [0.05, 0.1) is 16.1 Å². The smallest absolute Gasteiger partial charge is 0.418 e. The molecule has 0 saturated carbocycles. The van der Waals surface area contributed by atoms with Crippen LogP contribution in [0.2, 0.25) is 5.02 Å². The first-order chi connectivity index (χ1) is 19.2. The summed E-state index contributed by atoms with van der Waals surface area (Å²) >= 11 is 6.46. The zero-order valence-electron chi connectivity index (χ0n) is 20.8. The summed E-state index contributed by atoms with van der Waals surface area (Å²) in [5.41, 5.74) is 3.28. The van der Waals surface area contributed by atoms with Crippen LogP contribution < -0.4 is 4.74 Å². The van der Waals surface area contributed by atoms with E-state index in [-0.39, 0.29) is 12.1 Å². The predicted octanol–water partition coefficient (Wildman–Crippen LogP) is 8.92. The fourth-order valence-corrected chi connectivity index (χ4v) is 4.59. The molecule has 0 fully saturated rings. The second kappa shape index (κ2) is 11.2. The van der Waals surface area contributed by atoms with Crippen LogP contribution in [0, 0.1) is 0 Å². The lowest BCUT2D eigenvalue weighted by Crippen LogP contribution is -2.07. The Morgan fingerprint density at radius 2 is 1.68 bits per heavy atom. The van der Waals surface area contributed by atoms with Gasteiger partial charge in [0.1, 0.15) is 12.4 Å². The number of nitrogens with zero attached hydrogens (tertiary/aromatic N) is 1. The lowest BCUT2D eigenvalue weighted by molar-refractivity contribution is -0.136. The van der Waals surface area contributed by atoms with E-state index in [1.165, 1.54) is 18.3 Å². The summed E-state index contributed by atoms with van der Waals surface area (Å²) in [4.78, 5) is 15.0. The topological polar surface area (TPSA) is 59.4 Å². The molecule has 1 aromatic heterocycles. The molecule has 40 heavy (non-hydrogen) atoms. The van der Waals surface area contributed by atoms with Gasteiger partial charge in [0.15, 0.2) is 0 Å². The number of pyridine rings is 1. The van der Waals surface area contributed by atoms with Gasteiger partial charge in [-0.25, -0.2) is 4.79 Å². The van der Waals surface area contributed by atoms with Crippen LogP contribution in [0.15, 0.2) is 103 Å². The lowest BCUT2D eigenvalue weighted by Gasteiger charge is -2.17. The van der Waals surface area contributed by atoms with Gasteiger partial charge >= 0.3 is 12.1 Å². The molecule has 0 spiro atoms. The van der Waals surface area contributed by atoms with Crippen molar-refractivity contribution < 1.29 is 27.8 Å². The van der Waals surface area contributed by atoms with Crippen LogP contribution in [0.25, 0.3) is 39.2 Å². The molecular weight excluding hydrogens is 539 g/mol. The molecule has 0 atom stereocenters. The van der Waals surface area contributed by atoms with Gasteiger partial charge in [-0.15, -0.1) is 0 Å². The number of hydrogen-bond acceptors (Lipinski definition) is 3. The molecule has 0 unspecified atom stereocenters. The zero-order valence-corrected chi connectivity index (χ0v) is 21.6. The first kappa shape index (κ1) is 27.0. The van der Waals surface area contributed by atoms with Crippen LogP contribution in [0.5, 0.6) is 5.75 Å². The van der Waals surface area contributed by atoms with Gasteiger partial charge in [0.25, 0.3) is 0 Å². The highest BCUT2D eigenvalue weighted by atomic mass is 35.5. The summed E-state index contributed by atoms with van der Waals surface area (Å²) in [7, 11) is 0. The van der Waals surface area contributed by atoms with Gasteiger partial charge in [-0.3, -0.25) is 4.98 Å².